The number of benzene rings is 2. The first-order chi connectivity index (χ1) is 12.4. The zero-order valence-corrected chi connectivity index (χ0v) is 15.5. The number of carbonyl (C=O) groups is 2. The topological polar surface area (TPSA) is 55.8 Å². The minimum absolute atomic E-state index is 0.00625. The highest BCUT2D eigenvalue weighted by atomic mass is 79.9. The van der Waals surface area contributed by atoms with Crippen LogP contribution in [0.2, 0.25) is 0 Å². The third-order valence-electron chi connectivity index (χ3n) is 3.28. The first-order valence-electron chi connectivity index (χ1n) is 7.70. The molecule has 2 rings (SSSR count). The number of ether oxygens (including phenoxy) is 2. The summed E-state index contributed by atoms with van der Waals surface area (Å²) in [4.78, 5) is 23.7. The number of carbonyl (C=O) groups excluding carboxylic acids is 2. The molecule has 5 nitrogen and oxygen atoms in total. The fourth-order valence-electron chi connectivity index (χ4n) is 2.08. The lowest BCUT2D eigenvalue weighted by molar-refractivity contribution is -0.145. The molecule has 138 valence electrons. The fourth-order valence-corrected chi connectivity index (χ4v) is 2.35. The molecule has 8 heteroatoms. The van der Waals surface area contributed by atoms with Crippen LogP contribution < -0.4 is 4.74 Å². The van der Waals surface area contributed by atoms with Gasteiger partial charge in [-0.25, -0.2) is 9.18 Å². The van der Waals surface area contributed by atoms with E-state index in [2.05, 4.69) is 15.9 Å². The van der Waals surface area contributed by atoms with Crippen molar-refractivity contribution < 1.29 is 27.9 Å². The van der Waals surface area contributed by atoms with Crippen molar-refractivity contribution in [1.82, 2.24) is 5.12 Å². The second-order valence-corrected chi connectivity index (χ2v) is 6.10. The maximum absolute atomic E-state index is 14.3. The smallest absolute Gasteiger partial charge is 0.344 e. The first kappa shape index (κ1) is 19.8. The van der Waals surface area contributed by atoms with Crippen molar-refractivity contribution in [2.24, 2.45) is 0 Å². The molecule has 0 saturated carbocycles. The molecule has 2 aromatic carbocycles. The fraction of sp³-hybridized carbons (Fsp3) is 0.222. The molecule has 0 aliphatic carbocycles. The summed E-state index contributed by atoms with van der Waals surface area (Å²) >= 11 is 3.27. The predicted octanol–water partition coefficient (Wildman–Crippen LogP) is 4.06. The molecule has 0 aromatic heterocycles. The van der Waals surface area contributed by atoms with Gasteiger partial charge >= 0.3 is 5.97 Å². The van der Waals surface area contributed by atoms with E-state index in [1.165, 1.54) is 0 Å². The van der Waals surface area contributed by atoms with E-state index in [9.17, 15) is 18.5 Å². The second-order valence-electron chi connectivity index (χ2n) is 5.19. The SMILES string of the molecule is CCOC(=O)COc1cc(F)ccc1C(=O)N(F)Cc1ccc(Br)cc1. The Hall–Kier alpha value is -2.48. The van der Waals surface area contributed by atoms with Crippen LogP contribution in [-0.4, -0.2) is 30.2 Å². The van der Waals surface area contributed by atoms with E-state index in [-0.39, 0.29) is 29.6 Å². The normalized spacial score (nSPS) is 10.3. The highest BCUT2D eigenvalue weighted by Crippen LogP contribution is 2.23. The molecule has 0 aliphatic heterocycles. The predicted molar refractivity (Wildman–Crippen MR) is 93.7 cm³/mol. The van der Waals surface area contributed by atoms with E-state index < -0.39 is 24.3 Å². The molecule has 26 heavy (non-hydrogen) atoms. The summed E-state index contributed by atoms with van der Waals surface area (Å²) in [6, 6.07) is 9.79. The van der Waals surface area contributed by atoms with E-state index in [1.807, 2.05) is 0 Å². The molecule has 0 atom stereocenters. The van der Waals surface area contributed by atoms with Crippen molar-refractivity contribution in [1.29, 1.82) is 0 Å². The molecule has 0 aliphatic rings. The van der Waals surface area contributed by atoms with Crippen LogP contribution in [0, 0.1) is 5.82 Å². The average molecular weight is 428 g/mol. The van der Waals surface area contributed by atoms with Gasteiger partial charge in [0.15, 0.2) is 6.61 Å². The van der Waals surface area contributed by atoms with Gasteiger partial charge in [0.25, 0.3) is 5.91 Å². The van der Waals surface area contributed by atoms with Gasteiger partial charge in [0, 0.05) is 10.5 Å². The molecule has 2 aromatic rings. The minimum Gasteiger partial charge on any atom is -0.481 e. The Morgan fingerprint density at radius 1 is 1.15 bits per heavy atom. The van der Waals surface area contributed by atoms with Gasteiger partial charge in [-0.15, -0.1) is 0 Å². The Bertz CT molecular complexity index is 783. The van der Waals surface area contributed by atoms with Crippen molar-refractivity contribution in [3.63, 3.8) is 0 Å². The van der Waals surface area contributed by atoms with Crippen molar-refractivity contribution in [2.75, 3.05) is 13.2 Å². The van der Waals surface area contributed by atoms with Crippen LogP contribution in [-0.2, 0) is 16.1 Å². The largest absolute Gasteiger partial charge is 0.481 e. The average Bonchev–Trinajstić information content (AvgIpc) is 2.61. The molecule has 0 fully saturated rings. The number of amides is 1. The summed E-state index contributed by atoms with van der Waals surface area (Å²) in [7, 11) is 0. The van der Waals surface area contributed by atoms with Gasteiger partial charge < -0.3 is 9.47 Å². The first-order valence-corrected chi connectivity index (χ1v) is 8.50. The number of rotatable bonds is 7. The minimum atomic E-state index is -1.01. The van der Waals surface area contributed by atoms with Crippen LogP contribution in [0.25, 0.3) is 0 Å². The Balaban J connectivity index is 2.13. The van der Waals surface area contributed by atoms with Crippen LogP contribution in [0.5, 0.6) is 5.75 Å². The molecular weight excluding hydrogens is 412 g/mol. The summed E-state index contributed by atoms with van der Waals surface area (Å²) in [5.41, 5.74) is 0.371. The number of hydrogen-bond acceptors (Lipinski definition) is 4. The number of hydrogen-bond donors (Lipinski definition) is 0. The zero-order valence-electron chi connectivity index (χ0n) is 13.9. The van der Waals surface area contributed by atoms with Crippen LogP contribution in [0.4, 0.5) is 8.87 Å². The van der Waals surface area contributed by atoms with Gasteiger partial charge in [0.2, 0.25) is 0 Å². The van der Waals surface area contributed by atoms with Crippen LogP contribution in [0.3, 0.4) is 0 Å². The van der Waals surface area contributed by atoms with Gasteiger partial charge in [0.05, 0.1) is 18.7 Å². The van der Waals surface area contributed by atoms with E-state index >= 15 is 0 Å². The Kier molecular flexibility index (Phi) is 7.08. The Morgan fingerprint density at radius 2 is 1.85 bits per heavy atom. The zero-order chi connectivity index (χ0) is 19.1. The standard InChI is InChI=1S/C18H16BrF2NO4/c1-2-25-17(23)11-26-16-9-14(20)7-8-15(16)18(24)22(21)10-12-3-5-13(19)6-4-12/h3-9H,2,10-11H2,1H3. The van der Waals surface area contributed by atoms with Crippen LogP contribution in [0.15, 0.2) is 46.9 Å². The molecule has 0 saturated heterocycles. The third-order valence-corrected chi connectivity index (χ3v) is 3.81. The van der Waals surface area contributed by atoms with E-state index in [0.717, 1.165) is 22.7 Å². The van der Waals surface area contributed by atoms with Gasteiger partial charge in [-0.05, 0) is 36.8 Å². The van der Waals surface area contributed by atoms with Crippen molar-refractivity contribution in [2.45, 2.75) is 13.5 Å². The lowest BCUT2D eigenvalue weighted by atomic mass is 10.1. The highest BCUT2D eigenvalue weighted by molar-refractivity contribution is 9.10. The summed E-state index contributed by atoms with van der Waals surface area (Å²) < 4.78 is 38.4. The Morgan fingerprint density at radius 3 is 2.50 bits per heavy atom. The van der Waals surface area contributed by atoms with Crippen LogP contribution in [0.1, 0.15) is 22.8 Å². The summed E-state index contributed by atoms with van der Waals surface area (Å²) in [6.45, 7) is 0.970. The molecule has 0 bridgehead atoms. The molecular formula is C18H16BrF2NO4. The van der Waals surface area contributed by atoms with Gasteiger partial charge in [-0.3, -0.25) is 4.79 Å². The van der Waals surface area contributed by atoms with Gasteiger partial charge in [0.1, 0.15) is 11.6 Å². The van der Waals surface area contributed by atoms with Crippen molar-refractivity contribution >= 4 is 27.8 Å². The van der Waals surface area contributed by atoms with Crippen LogP contribution >= 0.6 is 15.9 Å². The monoisotopic (exact) mass is 427 g/mol. The maximum atomic E-state index is 14.3. The van der Waals surface area contributed by atoms with Crippen molar-refractivity contribution in [3.8, 4) is 5.75 Å². The highest BCUT2D eigenvalue weighted by Gasteiger charge is 2.21. The molecule has 0 spiro atoms. The number of halogens is 3. The molecule has 0 N–H and O–H groups in total. The van der Waals surface area contributed by atoms with Gasteiger partial charge in [-0.2, -0.15) is 5.12 Å². The lowest BCUT2D eigenvalue weighted by Gasteiger charge is -2.15. The lowest BCUT2D eigenvalue weighted by Crippen LogP contribution is -2.24. The molecule has 0 heterocycles. The number of nitrogens with zero attached hydrogens (tertiary/aromatic N) is 1. The number of esters is 1. The quantitative estimate of drug-likeness (QED) is 0.493. The Labute approximate surface area is 157 Å². The van der Waals surface area contributed by atoms with Gasteiger partial charge in [-0.1, -0.05) is 32.5 Å². The van der Waals surface area contributed by atoms with E-state index in [1.54, 1.807) is 31.2 Å². The maximum Gasteiger partial charge on any atom is 0.344 e. The molecule has 0 radical (unpaired) electrons. The van der Waals surface area contributed by atoms with Crippen molar-refractivity contribution in [3.05, 3.63) is 63.9 Å². The summed E-state index contributed by atoms with van der Waals surface area (Å²) in [5, 5.41) is -0.00625. The summed E-state index contributed by atoms with van der Waals surface area (Å²) in [5.74, 6) is -2.60. The molecule has 0 unspecified atom stereocenters. The van der Waals surface area contributed by atoms with E-state index in [0.29, 0.717) is 5.56 Å². The third kappa shape index (κ3) is 5.52. The van der Waals surface area contributed by atoms with E-state index in [4.69, 9.17) is 9.47 Å². The second kappa shape index (κ2) is 9.28. The molecule has 1 amide bonds. The summed E-state index contributed by atoms with van der Waals surface area (Å²) in [6.07, 6.45) is 0.